The lowest BCUT2D eigenvalue weighted by Crippen LogP contribution is -2.39. The van der Waals surface area contributed by atoms with E-state index < -0.39 is 11.1 Å². The Morgan fingerprint density at radius 1 is 0.288 bits per heavy atom. The van der Waals surface area contributed by atoms with Gasteiger partial charge in [-0.2, -0.15) is 0 Å². The van der Waals surface area contributed by atoms with Crippen LogP contribution in [0.15, 0.2) is 152 Å². The molecule has 0 atom stereocenters. The fourth-order valence-corrected chi connectivity index (χ4v) is 13.9. The predicted molar refractivity (Wildman–Crippen MR) is 481 cm³/mol. The third-order valence-electron chi connectivity index (χ3n) is 23.4. The van der Waals surface area contributed by atoms with Crippen molar-refractivity contribution in [2.24, 2.45) is 70.5 Å². The highest BCUT2D eigenvalue weighted by molar-refractivity contribution is 5.97. The molecule has 0 saturated heterocycles. The van der Waals surface area contributed by atoms with Crippen LogP contribution in [0.2, 0.25) is 0 Å². The number of likely N-dealkylation sites (N-methyl/N-ethyl adjacent to an activating group) is 1. The summed E-state index contributed by atoms with van der Waals surface area (Å²) in [4.78, 5) is 125. The smallest absolute Gasteiger partial charge is 0.330 e. The number of hydrogen-bond donors (Lipinski definition) is 1. The molecule has 0 saturated carbocycles. The van der Waals surface area contributed by atoms with Crippen LogP contribution in [-0.4, -0.2) is 75.2 Å². The topological polar surface area (TPSA) is 261 Å². The number of nitrogens with zero attached hydrogens (tertiary/aromatic N) is 12. The lowest BCUT2D eigenvalue weighted by atomic mass is 10.0. The first-order valence-electron chi connectivity index (χ1n) is 38.8. The van der Waals surface area contributed by atoms with Crippen LogP contribution in [-0.2, 0) is 75.3 Å². The number of anilines is 1. The van der Waals surface area contributed by atoms with Gasteiger partial charge in [0.15, 0.2) is 6.61 Å². The molecule has 1 N–H and O–H groups in total. The monoisotopic (exact) mass is 1600 g/mol. The molecule has 118 heavy (non-hydrogen) atoms. The highest BCUT2D eigenvalue weighted by Gasteiger charge is 2.23. The Morgan fingerprint density at radius 2 is 0.627 bits per heavy atom. The number of imidazole rings is 2. The van der Waals surface area contributed by atoms with Gasteiger partial charge >= 0.3 is 28.2 Å². The van der Waals surface area contributed by atoms with E-state index in [-0.39, 0.29) is 51.8 Å². The molecule has 0 bridgehead atoms. The van der Waals surface area contributed by atoms with E-state index in [1.165, 1.54) is 87.2 Å². The van der Waals surface area contributed by atoms with E-state index in [0.717, 1.165) is 116 Å². The number of amides is 1. The van der Waals surface area contributed by atoms with E-state index in [2.05, 4.69) is 87.9 Å². The molecule has 7 aromatic heterocycles. The maximum Gasteiger partial charge on any atom is 0.330 e. The molecule has 1 aliphatic rings. The molecule has 8 heterocycles. The molecule has 0 aliphatic carbocycles. The number of carbonyl (C=O) groups excluding carboxylic acids is 1. The molecule has 618 valence electrons. The second kappa shape index (κ2) is 35.2. The second-order valence-electron chi connectivity index (χ2n) is 31.5. The van der Waals surface area contributed by atoms with E-state index >= 15 is 0 Å². The van der Waals surface area contributed by atoms with Crippen LogP contribution in [0.5, 0.6) is 5.75 Å². The molecule has 8 aromatic carbocycles. The Morgan fingerprint density at radius 3 is 1.07 bits per heavy atom. The Labute approximate surface area is 685 Å². The quantitative estimate of drug-likeness (QED) is 0.139. The van der Waals surface area contributed by atoms with E-state index in [4.69, 9.17) is 4.74 Å². The maximum atomic E-state index is 11.9. The molecule has 0 spiro atoms. The van der Waals surface area contributed by atoms with Crippen LogP contribution in [0.1, 0.15) is 106 Å². The maximum absolute atomic E-state index is 11.9. The summed E-state index contributed by atoms with van der Waals surface area (Å²) in [5.74, 6) is 1.55. The van der Waals surface area contributed by atoms with Gasteiger partial charge < -0.3 is 32.9 Å². The molecule has 15 aromatic rings. The lowest BCUT2D eigenvalue weighted by molar-refractivity contribution is -0.121. The van der Waals surface area contributed by atoms with Crippen molar-refractivity contribution in [2.45, 2.75) is 132 Å². The van der Waals surface area contributed by atoms with Crippen LogP contribution >= 0.6 is 0 Å². The van der Waals surface area contributed by atoms with Gasteiger partial charge in [-0.3, -0.25) is 61.0 Å². The molecule has 24 nitrogen and oxygen atoms in total. The minimum Gasteiger partial charge on any atom is -0.482 e. The summed E-state index contributed by atoms with van der Waals surface area (Å²) in [5.41, 5.74) is 29.4. The molecule has 0 radical (unpaired) electrons. The van der Waals surface area contributed by atoms with Crippen LogP contribution in [0, 0.1) is 132 Å². The second-order valence-corrected chi connectivity index (χ2v) is 31.5. The zero-order valence-corrected chi connectivity index (χ0v) is 74.0. The highest BCUT2D eigenvalue weighted by atomic mass is 16.5. The van der Waals surface area contributed by atoms with E-state index in [0.29, 0.717) is 16.3 Å². The Kier molecular flexibility index (Phi) is 26.6. The zero-order valence-electron chi connectivity index (χ0n) is 74.0. The van der Waals surface area contributed by atoms with Crippen LogP contribution < -0.4 is 60.1 Å². The predicted octanol–water partition coefficient (Wildman–Crippen LogP) is 13.1. The Hall–Kier alpha value is -13.0. The molecule has 1 aliphatic heterocycles. The summed E-state index contributed by atoms with van der Waals surface area (Å²) >= 11 is 0. The number of pyridine rings is 2. The number of aromatic nitrogens is 12. The number of nitrogens with one attached hydrogen (secondary N) is 1. The molecular weight excluding hydrogens is 1490 g/mol. The van der Waals surface area contributed by atoms with E-state index in [1.54, 1.807) is 101 Å². The molecule has 24 heteroatoms. The standard InChI is InChI=1S/2C13H15NO.2C12H14N2O2.C12H14N2O.C11H14N2O.C11H13NO2.C10H12N2O/c2*1-8-5-11-10(3)7-13(15)14(4)12(11)6-9(8)2;1-7-5-9-10(6-8(7)2)14(4)12(16)11(15)13(9)3;1-7-5-9-10(6-8(7)2)13(3)12(16)14(4)11(9)15;1-7-5-10-11(6-8(7)2)13-9(3)14(4)12(10)15;1-7-5-9-10(6-8(7)2)13(4)11(14)12(9)3;1-7-4-9-10(5-8(7)2)14-6-11(13)12(9)3;1-6-4-5-8-9(7(6)2)11-10(13)12(8)3/h2*5-7H,1-4H3;2*5-6H,1-4H3;5-6H,1-4H3;5-6H,1-4H3;4-5H,6H2,1-3H3;4-5H,1-3H3,(H,11,13). The van der Waals surface area contributed by atoms with Crippen molar-refractivity contribution >= 4 is 88.3 Å². The summed E-state index contributed by atoms with van der Waals surface area (Å²) in [6.45, 7) is 38.5. The van der Waals surface area contributed by atoms with Gasteiger partial charge in [-0.15, -0.1) is 0 Å². The van der Waals surface area contributed by atoms with Gasteiger partial charge in [0.1, 0.15) is 11.6 Å². The van der Waals surface area contributed by atoms with Crippen molar-refractivity contribution in [3.8, 4) is 5.75 Å². The first-order chi connectivity index (χ1) is 55.1. The van der Waals surface area contributed by atoms with Crippen molar-refractivity contribution in [1.82, 2.24) is 55.6 Å². The average Bonchev–Trinajstić information content (AvgIpc) is 1.26. The van der Waals surface area contributed by atoms with E-state index in [9.17, 15) is 47.9 Å². The third kappa shape index (κ3) is 17.9. The summed E-state index contributed by atoms with van der Waals surface area (Å²) < 4.78 is 20.8. The molecule has 16 rings (SSSR count). The van der Waals surface area contributed by atoms with Crippen molar-refractivity contribution in [3.05, 3.63) is 309 Å². The van der Waals surface area contributed by atoms with Crippen LogP contribution in [0.4, 0.5) is 5.69 Å². The van der Waals surface area contributed by atoms with Crippen LogP contribution in [0.3, 0.4) is 0 Å². The summed E-state index contributed by atoms with van der Waals surface area (Å²) in [7, 11) is 19.0. The third-order valence-corrected chi connectivity index (χ3v) is 23.4. The Balaban J connectivity index is 0.000000154. The van der Waals surface area contributed by atoms with Crippen molar-refractivity contribution in [3.63, 3.8) is 0 Å². The van der Waals surface area contributed by atoms with Gasteiger partial charge in [-0.05, 0) is 323 Å². The normalized spacial score (nSPS) is 11.5. The summed E-state index contributed by atoms with van der Waals surface area (Å²) in [5, 5.41) is 3.62. The number of benzene rings is 8. The molecular formula is C94H111N13O11. The summed E-state index contributed by atoms with van der Waals surface area (Å²) in [6.07, 6.45) is 0. The van der Waals surface area contributed by atoms with Gasteiger partial charge in [0.2, 0.25) is 0 Å². The minimum absolute atomic E-state index is 0.000697. The number of aryl methyl sites for hydroxylation is 27. The molecule has 1 amide bonds. The van der Waals surface area contributed by atoms with Crippen molar-refractivity contribution in [2.75, 3.05) is 18.6 Å². The fraction of sp³-hybridized carbons (Fsp3) is 0.330. The van der Waals surface area contributed by atoms with Gasteiger partial charge in [0, 0.05) is 100 Å². The lowest BCUT2D eigenvalue weighted by Gasteiger charge is -2.26. The number of aromatic amines is 1. The first kappa shape index (κ1) is 89.0. The SMILES string of the molecule is Cc1cc2c(=O)n(C)c(=O)n(C)c2cc1C.Cc1cc2c(C)cc(=O)n(C)c2cc1C.Cc1cc2c(C)cc(=O)n(C)c2cc1C.Cc1cc2c(cc1C)N(C)C(=O)CO2.Cc1cc2c(cc1C)n(C)c(=O)c(=O)n2C.Cc1cc2c(cc1C)n(C)c(=O)n2C.Cc1cc2nc(C)n(C)c(=O)c2cc1C.Cc1ccc2c([nH]c(=O)n2C)c1C. The number of rotatable bonds is 0. The highest BCUT2D eigenvalue weighted by Crippen LogP contribution is 2.34. The number of fused-ring (bicyclic) bond motifs is 8. The Bertz CT molecular complexity index is 6980. The summed E-state index contributed by atoms with van der Waals surface area (Å²) in [6, 6.07) is 35.4. The van der Waals surface area contributed by atoms with Gasteiger partial charge in [0.25, 0.3) is 28.1 Å². The van der Waals surface area contributed by atoms with Crippen LogP contribution in [0.25, 0.3) is 76.7 Å². The molecule has 0 fully saturated rings. The number of carbonyl (C=O) groups is 1. The molecule has 0 unspecified atom stereocenters. The van der Waals surface area contributed by atoms with Gasteiger partial charge in [0.05, 0.1) is 71.6 Å². The first-order valence-corrected chi connectivity index (χ1v) is 38.8. The largest absolute Gasteiger partial charge is 0.482 e. The number of hydrogen-bond acceptors (Lipinski definition) is 12. The fourth-order valence-electron chi connectivity index (χ4n) is 13.9. The number of H-pyrrole nitrogens is 1. The van der Waals surface area contributed by atoms with Crippen molar-refractivity contribution < 1.29 is 9.53 Å². The van der Waals surface area contributed by atoms with Gasteiger partial charge in [-0.25, -0.2) is 19.4 Å². The zero-order chi connectivity index (χ0) is 87.9. The van der Waals surface area contributed by atoms with Gasteiger partial charge in [-0.1, -0.05) is 6.07 Å². The van der Waals surface area contributed by atoms with E-state index in [1.807, 2.05) is 165 Å². The van der Waals surface area contributed by atoms with Crippen molar-refractivity contribution in [1.29, 1.82) is 0 Å². The number of ether oxygens (including phenoxy) is 1. The average molecular weight is 1600 g/mol. The minimum atomic E-state index is -0.488.